The number of alkyl halides is 1. The van der Waals surface area contributed by atoms with Crippen molar-refractivity contribution in [3.8, 4) is 11.5 Å². The summed E-state index contributed by atoms with van der Waals surface area (Å²) in [5.74, 6) is -0.252. The highest BCUT2D eigenvalue weighted by atomic mass is 79.9. The Morgan fingerprint density at radius 2 is 1.03 bits per heavy atom. The van der Waals surface area contributed by atoms with E-state index in [0.717, 1.165) is 31.8 Å². The monoisotopic (exact) mass is 1140 g/mol. The van der Waals surface area contributed by atoms with Crippen molar-refractivity contribution in [2.75, 3.05) is 23.8 Å². The molecule has 0 aliphatic heterocycles. The molecular weight excluding hydrogens is 1080 g/mol. The summed E-state index contributed by atoms with van der Waals surface area (Å²) in [6.45, 7) is 20.3. The molecule has 3 N–H and O–H groups in total. The maximum atomic E-state index is 13.6. The third-order valence-electron chi connectivity index (χ3n) is 10.7. The van der Waals surface area contributed by atoms with Gasteiger partial charge in [0.2, 0.25) is 0 Å². The number of nitrogens with one attached hydrogen (secondary N) is 2. The van der Waals surface area contributed by atoms with Crippen LogP contribution in [-0.4, -0.2) is 96.4 Å². The summed E-state index contributed by atoms with van der Waals surface area (Å²) in [6.07, 6.45) is 2.74. The zero-order chi connectivity index (χ0) is 53.9. The number of hydrogen-bond acceptors (Lipinski definition) is 20. The van der Waals surface area contributed by atoms with Crippen molar-refractivity contribution in [1.82, 2.24) is 29.9 Å². The van der Waals surface area contributed by atoms with Crippen LogP contribution in [0.2, 0.25) is 0 Å². The predicted octanol–water partition coefficient (Wildman–Crippen LogP) is 11.3. The number of anilines is 4. The lowest BCUT2D eigenvalue weighted by Crippen LogP contribution is -2.40. The van der Waals surface area contributed by atoms with Gasteiger partial charge in [0.05, 0.1) is 65.2 Å². The molecule has 0 aliphatic rings. The van der Waals surface area contributed by atoms with E-state index in [-0.39, 0.29) is 33.9 Å². The van der Waals surface area contributed by atoms with Gasteiger partial charge >= 0.3 is 11.9 Å². The van der Waals surface area contributed by atoms with E-state index in [1.54, 1.807) is 103 Å². The van der Waals surface area contributed by atoms with E-state index in [0.29, 0.717) is 40.0 Å². The summed E-state index contributed by atoms with van der Waals surface area (Å²) in [5, 5.41) is 17.8. The van der Waals surface area contributed by atoms with E-state index in [4.69, 9.17) is 14.2 Å². The van der Waals surface area contributed by atoms with E-state index in [1.165, 1.54) is 50.8 Å². The van der Waals surface area contributed by atoms with E-state index >= 15 is 0 Å². The number of ether oxygens (including phenoxy) is 3. The smallest absolute Gasteiger partial charge is 0.349 e. The number of aromatic hydroxyl groups is 1. The van der Waals surface area contributed by atoms with Gasteiger partial charge in [0.1, 0.15) is 49.9 Å². The summed E-state index contributed by atoms with van der Waals surface area (Å²) in [6, 6.07) is 17.3. The van der Waals surface area contributed by atoms with Gasteiger partial charge in [0.15, 0.2) is 25.3 Å². The van der Waals surface area contributed by atoms with Crippen molar-refractivity contribution in [3.05, 3.63) is 84.3 Å². The van der Waals surface area contributed by atoms with Gasteiger partial charge in [0, 0.05) is 34.3 Å². The molecule has 4 aromatic carbocycles. The number of rotatable bonds is 12. The Labute approximate surface area is 440 Å². The maximum Gasteiger partial charge on any atom is 0.349 e. The number of phenolic OH excluding ortho intramolecular Hbond substituents is 1. The van der Waals surface area contributed by atoms with Crippen LogP contribution in [0, 0.1) is 0 Å². The Balaban J connectivity index is 0.000000208. The molecule has 23 heteroatoms. The number of hydrogen-bond donors (Lipinski definition) is 3. The molecule has 18 nitrogen and oxygen atoms in total. The quantitative estimate of drug-likeness (QED) is 0.0759. The molecule has 0 aliphatic carbocycles. The zero-order valence-corrected chi connectivity index (χ0v) is 47.2. The summed E-state index contributed by atoms with van der Waals surface area (Å²) in [7, 11) is -7.64. The van der Waals surface area contributed by atoms with E-state index in [2.05, 4.69) is 56.5 Å². The van der Waals surface area contributed by atoms with Gasteiger partial charge in [-0.1, -0.05) is 15.9 Å². The molecule has 4 aromatic heterocycles. The first kappa shape index (κ1) is 56.2. The topological polar surface area (TPSA) is 252 Å². The molecular formula is C50H57BrN8O10S4. The van der Waals surface area contributed by atoms with Crippen molar-refractivity contribution in [3.63, 3.8) is 0 Å². The van der Waals surface area contributed by atoms with Crippen LogP contribution in [0.5, 0.6) is 11.5 Å². The number of thiazole rings is 2. The van der Waals surface area contributed by atoms with Crippen LogP contribution >= 0.6 is 38.6 Å². The number of carbonyl (C=O) groups excluding carboxylic acids is 2. The lowest BCUT2D eigenvalue weighted by molar-refractivity contribution is -0.158. The van der Waals surface area contributed by atoms with Crippen LogP contribution in [0.15, 0.2) is 94.1 Å². The maximum absolute atomic E-state index is 13.6. The molecule has 0 amide bonds. The predicted molar refractivity (Wildman–Crippen MR) is 291 cm³/mol. The minimum atomic E-state index is -3.89. The van der Waals surface area contributed by atoms with Gasteiger partial charge < -0.3 is 30.0 Å². The Morgan fingerprint density at radius 1 is 0.589 bits per heavy atom. The molecule has 4 heterocycles. The summed E-state index contributed by atoms with van der Waals surface area (Å²) in [5.41, 5.74) is 6.24. The number of fused-ring (bicyclic) bond motifs is 4. The average molecular weight is 1140 g/mol. The lowest BCUT2D eigenvalue weighted by atomic mass is 10.1. The Bertz CT molecular complexity index is 3570. The van der Waals surface area contributed by atoms with Crippen LogP contribution in [-0.2, 0) is 38.7 Å². The van der Waals surface area contributed by atoms with Crippen LogP contribution in [0.4, 0.5) is 23.0 Å². The lowest BCUT2D eigenvalue weighted by Gasteiger charge is -2.27. The van der Waals surface area contributed by atoms with Gasteiger partial charge in [-0.25, -0.2) is 51.5 Å². The normalized spacial score (nSPS) is 12.4. The van der Waals surface area contributed by atoms with E-state index in [1.807, 2.05) is 36.4 Å². The molecule has 8 aromatic rings. The summed E-state index contributed by atoms with van der Waals surface area (Å²) < 4.78 is 68.2. The highest BCUT2D eigenvalue weighted by Crippen LogP contribution is 2.40. The number of benzene rings is 4. The minimum Gasteiger partial charge on any atom is -0.507 e. The van der Waals surface area contributed by atoms with Gasteiger partial charge in [0.25, 0.3) is 0 Å². The second kappa shape index (κ2) is 21.8. The van der Waals surface area contributed by atoms with Gasteiger partial charge in [-0.15, -0.1) is 22.7 Å². The molecule has 388 valence electrons. The molecule has 0 saturated carbocycles. The molecule has 0 radical (unpaired) electrons. The highest BCUT2D eigenvalue weighted by Gasteiger charge is 2.39. The zero-order valence-electron chi connectivity index (χ0n) is 42.3. The van der Waals surface area contributed by atoms with Crippen molar-refractivity contribution >= 4 is 135 Å². The fraction of sp³-hybridized carbons (Fsp3) is 0.360. The molecule has 0 unspecified atom stereocenters. The first-order chi connectivity index (χ1) is 34.0. The number of aromatic nitrogens is 6. The highest BCUT2D eigenvalue weighted by molar-refractivity contribution is 9.10. The molecule has 0 atom stereocenters. The molecule has 0 spiro atoms. The second-order valence-electron chi connectivity index (χ2n) is 19.2. The van der Waals surface area contributed by atoms with Crippen molar-refractivity contribution < 1.29 is 45.7 Å². The third kappa shape index (κ3) is 12.8. The summed E-state index contributed by atoms with van der Waals surface area (Å²) in [4.78, 5) is 48.8. The molecule has 0 fully saturated rings. The van der Waals surface area contributed by atoms with E-state index < -0.39 is 45.1 Å². The largest absolute Gasteiger partial charge is 0.507 e. The fourth-order valence-corrected chi connectivity index (χ4v) is 10.6. The molecule has 8 rings (SSSR count). The average Bonchev–Trinajstić information content (AvgIpc) is 3.98. The standard InChI is InChI=1S/C25H28N4O5S2.C19H18N4O3S2.C6H11BrO2/c1-7-33-23(30)25(5,6)34-19-12-17-16(11-21(19)36(31,32)24(2,3)4)22(27-13-26-17)29-15-8-9-20-18(10-15)28-14-35-20;1-19(2,3)28(25,26)17-7-12-13(8-15(17)24)20-9-21-18(12)23-11-4-5-16-14(6-11)22-10-27-16;1-4-9-5(8)6(2,3)7/h8-14H,7H2,1-6H3,(H,26,27,29);4-10,24H,1-3H3,(H,20,21,23);4H2,1-3H3. The van der Waals surface area contributed by atoms with Gasteiger partial charge in [-0.2, -0.15) is 0 Å². The van der Waals surface area contributed by atoms with Crippen molar-refractivity contribution in [1.29, 1.82) is 0 Å². The first-order valence-corrected chi connectivity index (χ1v) is 28.2. The van der Waals surface area contributed by atoms with E-state index in [9.17, 15) is 31.5 Å². The van der Waals surface area contributed by atoms with Gasteiger partial charge in [-0.05, 0) is 132 Å². The van der Waals surface area contributed by atoms with Crippen molar-refractivity contribution in [2.24, 2.45) is 0 Å². The number of nitrogens with zero attached hydrogens (tertiary/aromatic N) is 6. The molecule has 0 saturated heterocycles. The number of sulfone groups is 2. The number of esters is 2. The number of halogens is 1. The Kier molecular flexibility index (Phi) is 16.7. The summed E-state index contributed by atoms with van der Waals surface area (Å²) >= 11 is 6.27. The first-order valence-electron chi connectivity index (χ1n) is 22.7. The minimum absolute atomic E-state index is 0.0176. The van der Waals surface area contributed by atoms with Crippen LogP contribution in [0.25, 0.3) is 42.2 Å². The number of phenols is 1. The SMILES string of the molecule is CC(C)(C)S(=O)(=O)c1cc2c(Nc3ccc4scnc4c3)ncnc2cc1O.CCOC(=O)C(C)(C)Br.CCOC(=O)C(C)(C)Oc1cc2ncnc(Nc3ccc4scnc4c3)c2cc1S(=O)(=O)C(C)(C)C. The fourth-order valence-electron chi connectivity index (χ4n) is 6.57. The van der Waals surface area contributed by atoms with Crippen LogP contribution in [0.3, 0.4) is 0 Å². The molecule has 0 bridgehead atoms. The second-order valence-corrected chi connectivity index (χ2v) is 28.3. The van der Waals surface area contributed by atoms with Crippen LogP contribution < -0.4 is 15.4 Å². The van der Waals surface area contributed by atoms with Gasteiger partial charge in [-0.3, -0.25) is 4.79 Å². The Hall–Kier alpha value is -6.14. The third-order valence-corrected chi connectivity index (χ3v) is 17.7. The molecule has 73 heavy (non-hydrogen) atoms. The van der Waals surface area contributed by atoms with Crippen molar-refractivity contribution in [2.45, 2.75) is 112 Å². The Morgan fingerprint density at radius 3 is 1.47 bits per heavy atom. The number of carbonyl (C=O) groups is 2. The van der Waals surface area contributed by atoms with Crippen LogP contribution in [0.1, 0.15) is 83.1 Å².